The number of benzene rings is 1. The molecule has 0 unspecified atom stereocenters. The zero-order chi connectivity index (χ0) is 20.1. The van der Waals surface area contributed by atoms with Crippen LogP contribution in [0.3, 0.4) is 0 Å². The maximum atomic E-state index is 13.5. The van der Waals surface area contributed by atoms with Crippen molar-refractivity contribution in [3.8, 4) is 5.69 Å². The number of carbonyl (C=O) groups is 1. The first kappa shape index (κ1) is 20.1. The highest BCUT2D eigenvalue weighted by Gasteiger charge is 2.24. The number of aromatic nitrogens is 4. The molecule has 152 valence electrons. The molecule has 3 rings (SSSR count). The number of carbonyl (C=O) groups excluding carboxylic acids is 1. The number of tetrazole rings is 1. The Morgan fingerprint density at radius 1 is 1.14 bits per heavy atom. The molecular weight excluding hydrogens is 368 g/mol. The second kappa shape index (κ2) is 9.05. The van der Waals surface area contributed by atoms with E-state index in [0.717, 1.165) is 25.0 Å². The van der Waals surface area contributed by atoms with Crippen LogP contribution in [0.15, 0.2) is 18.2 Å². The first-order chi connectivity index (χ1) is 13.5. The number of urea groups is 1. The van der Waals surface area contributed by atoms with E-state index in [4.69, 9.17) is 0 Å². The molecule has 0 bridgehead atoms. The van der Waals surface area contributed by atoms with Crippen molar-refractivity contribution in [2.24, 2.45) is 0 Å². The van der Waals surface area contributed by atoms with Crippen molar-refractivity contribution in [1.29, 1.82) is 0 Å². The summed E-state index contributed by atoms with van der Waals surface area (Å²) in [6, 6.07) is 3.72. The molecule has 1 saturated heterocycles. The maximum absolute atomic E-state index is 13.5. The van der Waals surface area contributed by atoms with E-state index in [2.05, 4.69) is 39.6 Å². The van der Waals surface area contributed by atoms with Gasteiger partial charge in [0, 0.05) is 38.3 Å². The molecule has 0 spiro atoms. The average molecular weight is 393 g/mol. The third-order valence-electron chi connectivity index (χ3n) is 5.02. The highest BCUT2D eigenvalue weighted by molar-refractivity contribution is 5.74. The number of hydrogen-bond donors (Lipinski definition) is 1. The van der Waals surface area contributed by atoms with E-state index in [0.29, 0.717) is 44.2 Å². The second-order valence-electron chi connectivity index (χ2n) is 6.83. The van der Waals surface area contributed by atoms with Gasteiger partial charge in [0.25, 0.3) is 0 Å². The number of halogens is 2. The minimum Gasteiger partial charge on any atom is -0.335 e. The summed E-state index contributed by atoms with van der Waals surface area (Å²) in [6.45, 7) is 7.15. The van der Waals surface area contributed by atoms with Gasteiger partial charge < -0.3 is 10.2 Å². The fraction of sp³-hybridized carbons (Fsp3) is 0.556. The standard InChI is InChI=1S/C18H25F2N7O/c1-3-13(4-2)21-18(28)26-9-7-25(8-10-26)12-17-22-23-24-27(17)14-5-6-15(19)16(20)11-14/h5-6,11,13H,3-4,7-10,12H2,1-2H3,(H,21,28). The van der Waals surface area contributed by atoms with Gasteiger partial charge in [0.1, 0.15) is 0 Å². The van der Waals surface area contributed by atoms with Gasteiger partial charge in [-0.05, 0) is 35.4 Å². The molecule has 2 aromatic rings. The van der Waals surface area contributed by atoms with Crippen LogP contribution in [-0.2, 0) is 6.54 Å². The fourth-order valence-corrected chi connectivity index (χ4v) is 3.19. The normalized spacial score (nSPS) is 15.2. The Kier molecular flexibility index (Phi) is 6.50. The van der Waals surface area contributed by atoms with Crippen molar-refractivity contribution < 1.29 is 13.6 Å². The summed E-state index contributed by atoms with van der Waals surface area (Å²) in [4.78, 5) is 16.3. The molecular formula is C18H25F2N7O. The van der Waals surface area contributed by atoms with Crippen molar-refractivity contribution in [1.82, 2.24) is 35.3 Å². The molecule has 1 aromatic carbocycles. The lowest BCUT2D eigenvalue weighted by Crippen LogP contribution is -2.53. The molecule has 1 N–H and O–H groups in total. The quantitative estimate of drug-likeness (QED) is 0.812. The molecule has 0 radical (unpaired) electrons. The van der Waals surface area contributed by atoms with Crippen molar-refractivity contribution >= 4 is 6.03 Å². The number of nitrogens with one attached hydrogen (secondary N) is 1. The van der Waals surface area contributed by atoms with Crippen LogP contribution in [0, 0.1) is 11.6 Å². The van der Waals surface area contributed by atoms with Crippen LogP contribution in [0.5, 0.6) is 0 Å². The zero-order valence-electron chi connectivity index (χ0n) is 16.1. The van der Waals surface area contributed by atoms with Gasteiger partial charge in [-0.2, -0.15) is 4.68 Å². The van der Waals surface area contributed by atoms with Crippen LogP contribution >= 0.6 is 0 Å². The van der Waals surface area contributed by atoms with Gasteiger partial charge in [0.05, 0.1) is 12.2 Å². The molecule has 10 heteroatoms. The summed E-state index contributed by atoms with van der Waals surface area (Å²) >= 11 is 0. The van der Waals surface area contributed by atoms with Gasteiger partial charge in [-0.25, -0.2) is 13.6 Å². The Morgan fingerprint density at radius 2 is 1.86 bits per heavy atom. The molecule has 28 heavy (non-hydrogen) atoms. The van der Waals surface area contributed by atoms with Crippen LogP contribution in [0.4, 0.5) is 13.6 Å². The molecule has 0 aliphatic carbocycles. The van der Waals surface area contributed by atoms with Crippen molar-refractivity contribution in [2.45, 2.75) is 39.3 Å². The molecule has 1 aromatic heterocycles. The summed E-state index contributed by atoms with van der Waals surface area (Å²) in [7, 11) is 0. The summed E-state index contributed by atoms with van der Waals surface area (Å²) < 4.78 is 28.1. The Morgan fingerprint density at radius 3 is 2.50 bits per heavy atom. The second-order valence-corrected chi connectivity index (χ2v) is 6.83. The van der Waals surface area contributed by atoms with E-state index < -0.39 is 11.6 Å². The third kappa shape index (κ3) is 4.61. The summed E-state index contributed by atoms with van der Waals surface area (Å²) in [5.41, 5.74) is 0.363. The van der Waals surface area contributed by atoms with E-state index in [9.17, 15) is 13.6 Å². The third-order valence-corrected chi connectivity index (χ3v) is 5.02. The van der Waals surface area contributed by atoms with Crippen molar-refractivity contribution in [3.63, 3.8) is 0 Å². The fourth-order valence-electron chi connectivity index (χ4n) is 3.19. The molecule has 0 saturated carbocycles. The highest BCUT2D eigenvalue weighted by Crippen LogP contribution is 2.15. The minimum absolute atomic E-state index is 0.0278. The molecule has 1 aliphatic rings. The minimum atomic E-state index is -0.948. The largest absolute Gasteiger partial charge is 0.335 e. The van der Waals surface area contributed by atoms with E-state index >= 15 is 0 Å². The number of hydrogen-bond acceptors (Lipinski definition) is 5. The topological polar surface area (TPSA) is 79.2 Å². The molecule has 0 atom stereocenters. The van der Waals surface area contributed by atoms with Gasteiger partial charge in [0.2, 0.25) is 0 Å². The monoisotopic (exact) mass is 393 g/mol. The molecule has 1 aliphatic heterocycles. The Hall–Kier alpha value is -2.62. The lowest BCUT2D eigenvalue weighted by molar-refractivity contribution is 0.130. The summed E-state index contributed by atoms with van der Waals surface area (Å²) in [5, 5.41) is 14.6. The van der Waals surface area contributed by atoms with Crippen molar-refractivity contribution in [3.05, 3.63) is 35.7 Å². The Balaban J connectivity index is 1.58. The molecule has 8 nitrogen and oxygen atoms in total. The zero-order valence-corrected chi connectivity index (χ0v) is 16.1. The van der Waals surface area contributed by atoms with Crippen LogP contribution in [0.1, 0.15) is 32.5 Å². The highest BCUT2D eigenvalue weighted by atomic mass is 19.2. The van der Waals surface area contributed by atoms with E-state index in [-0.39, 0.29) is 12.1 Å². The summed E-state index contributed by atoms with van der Waals surface area (Å²) in [6.07, 6.45) is 1.82. The van der Waals surface area contributed by atoms with E-state index in [1.165, 1.54) is 10.7 Å². The maximum Gasteiger partial charge on any atom is 0.317 e. The predicted octanol–water partition coefficient (Wildman–Crippen LogP) is 1.96. The van der Waals surface area contributed by atoms with E-state index in [1.807, 2.05) is 4.90 Å². The first-order valence-corrected chi connectivity index (χ1v) is 9.52. The first-order valence-electron chi connectivity index (χ1n) is 9.52. The number of piperazine rings is 1. The van der Waals surface area contributed by atoms with Crippen LogP contribution in [-0.4, -0.2) is 68.3 Å². The predicted molar refractivity (Wildman–Crippen MR) is 98.8 cm³/mol. The summed E-state index contributed by atoms with van der Waals surface area (Å²) in [5.74, 6) is -1.34. The lowest BCUT2D eigenvalue weighted by Gasteiger charge is -2.35. The van der Waals surface area contributed by atoms with Gasteiger partial charge in [0.15, 0.2) is 17.5 Å². The molecule has 2 amide bonds. The number of amides is 2. The van der Waals surface area contributed by atoms with Crippen molar-refractivity contribution in [2.75, 3.05) is 26.2 Å². The van der Waals surface area contributed by atoms with Crippen LogP contribution < -0.4 is 5.32 Å². The van der Waals surface area contributed by atoms with Crippen LogP contribution in [0.25, 0.3) is 5.69 Å². The lowest BCUT2D eigenvalue weighted by atomic mass is 10.2. The van der Waals surface area contributed by atoms with Gasteiger partial charge in [-0.1, -0.05) is 13.8 Å². The van der Waals surface area contributed by atoms with Gasteiger partial charge in [-0.15, -0.1) is 5.10 Å². The van der Waals surface area contributed by atoms with Gasteiger partial charge in [-0.3, -0.25) is 4.90 Å². The number of nitrogens with zero attached hydrogens (tertiary/aromatic N) is 6. The van der Waals surface area contributed by atoms with Crippen LogP contribution in [0.2, 0.25) is 0 Å². The molecule has 2 heterocycles. The van der Waals surface area contributed by atoms with E-state index in [1.54, 1.807) is 0 Å². The number of rotatable bonds is 6. The Bertz CT molecular complexity index is 801. The smallest absolute Gasteiger partial charge is 0.317 e. The average Bonchev–Trinajstić information content (AvgIpc) is 3.16. The van der Waals surface area contributed by atoms with Gasteiger partial charge >= 0.3 is 6.03 Å². The SMILES string of the molecule is CCC(CC)NC(=O)N1CCN(Cc2nnnn2-c2ccc(F)c(F)c2)CC1. The Labute approximate surface area is 162 Å². The molecule has 1 fully saturated rings.